The van der Waals surface area contributed by atoms with E-state index in [-0.39, 0.29) is 11.4 Å². The Morgan fingerprint density at radius 2 is 2.00 bits per heavy atom. The number of nitrogens with zero attached hydrogens (tertiary/aromatic N) is 2. The van der Waals surface area contributed by atoms with Crippen LogP contribution in [0, 0.1) is 4.77 Å². The molecule has 0 fully saturated rings. The smallest absolute Gasteiger partial charge is 0.282 e. The van der Waals surface area contributed by atoms with Gasteiger partial charge in [-0.3, -0.25) is 15.0 Å². The van der Waals surface area contributed by atoms with Crippen molar-refractivity contribution in [1.82, 2.24) is 14.6 Å². The first-order valence-electron chi connectivity index (χ1n) is 7.25. The Balaban J connectivity index is 1.73. The molecule has 9 heteroatoms. The predicted octanol–water partition coefficient (Wildman–Crippen LogP) is 1.61. The molecule has 3 aromatic rings. The molecule has 2 heterocycles. The number of rotatable bonds is 5. The number of benzene rings is 1. The number of H-pyrrole nitrogens is 1. The van der Waals surface area contributed by atoms with E-state index in [4.69, 9.17) is 21.7 Å². The number of carbonyl (C=O) groups is 1. The topological polar surface area (TPSA) is 98.2 Å². The molecule has 0 unspecified atom stereocenters. The summed E-state index contributed by atoms with van der Waals surface area (Å²) in [7, 11) is 1.56. The Morgan fingerprint density at radius 1 is 1.28 bits per heavy atom. The number of nitrogens with one attached hydrogen (secondary N) is 2. The van der Waals surface area contributed by atoms with Gasteiger partial charge in [-0.2, -0.15) is 4.68 Å². The van der Waals surface area contributed by atoms with Crippen LogP contribution < -0.4 is 20.5 Å². The molecule has 0 spiro atoms. The van der Waals surface area contributed by atoms with Gasteiger partial charge in [0.05, 0.1) is 12.5 Å². The number of ether oxygens (including phenoxy) is 2. The molecule has 25 heavy (non-hydrogen) atoms. The number of pyridine rings is 1. The van der Waals surface area contributed by atoms with Gasteiger partial charge in [0.1, 0.15) is 17.1 Å². The fourth-order valence-corrected chi connectivity index (χ4v) is 2.35. The average Bonchev–Trinajstić information content (AvgIpc) is 2.64. The van der Waals surface area contributed by atoms with Crippen LogP contribution in [0.4, 0.5) is 0 Å². The van der Waals surface area contributed by atoms with E-state index in [2.05, 4.69) is 15.4 Å². The number of aromatic nitrogens is 3. The van der Waals surface area contributed by atoms with Gasteiger partial charge in [0, 0.05) is 6.20 Å². The molecule has 2 aromatic heterocycles. The van der Waals surface area contributed by atoms with Crippen molar-refractivity contribution in [1.29, 1.82) is 0 Å². The van der Waals surface area contributed by atoms with Gasteiger partial charge in [-0.15, -0.1) is 0 Å². The summed E-state index contributed by atoms with van der Waals surface area (Å²) in [6.45, 7) is -0.279. The van der Waals surface area contributed by atoms with Crippen LogP contribution in [0.2, 0.25) is 0 Å². The molecule has 0 aliphatic rings. The van der Waals surface area contributed by atoms with Gasteiger partial charge >= 0.3 is 0 Å². The van der Waals surface area contributed by atoms with Crippen LogP contribution >= 0.6 is 12.2 Å². The Bertz CT molecular complexity index is 1030. The molecule has 3 rings (SSSR count). The van der Waals surface area contributed by atoms with E-state index < -0.39 is 11.5 Å². The lowest BCUT2D eigenvalue weighted by Gasteiger charge is -2.10. The zero-order valence-electron chi connectivity index (χ0n) is 13.2. The maximum atomic E-state index is 12.4. The molecule has 0 bridgehead atoms. The van der Waals surface area contributed by atoms with Gasteiger partial charge in [0.2, 0.25) is 4.77 Å². The van der Waals surface area contributed by atoms with Crippen molar-refractivity contribution in [2.75, 3.05) is 19.1 Å². The van der Waals surface area contributed by atoms with Crippen LogP contribution in [-0.4, -0.2) is 34.3 Å². The van der Waals surface area contributed by atoms with Gasteiger partial charge in [0.15, 0.2) is 6.61 Å². The third-order valence-corrected chi connectivity index (χ3v) is 3.62. The van der Waals surface area contributed by atoms with Gasteiger partial charge in [-0.25, -0.2) is 4.98 Å². The van der Waals surface area contributed by atoms with E-state index in [1.54, 1.807) is 49.7 Å². The average molecular weight is 358 g/mol. The minimum Gasteiger partial charge on any atom is -0.497 e. The highest BCUT2D eigenvalue weighted by atomic mass is 32.1. The number of amides is 1. The first-order chi connectivity index (χ1) is 12.1. The minimum atomic E-state index is -0.527. The number of aromatic amines is 1. The first kappa shape index (κ1) is 16.7. The Hall–Kier alpha value is -3.20. The van der Waals surface area contributed by atoms with Crippen molar-refractivity contribution in [3.05, 3.63) is 57.7 Å². The highest BCUT2D eigenvalue weighted by molar-refractivity contribution is 7.71. The standard InChI is InChI=1S/C16H14N4O4S/c1-23-10-4-6-11(7-5-10)24-9-13(21)19-20-15(22)12-3-2-8-17-14(12)18-16(20)25/h2-8H,9H2,1H3,(H,19,21)(H,17,18,25). The highest BCUT2D eigenvalue weighted by Gasteiger charge is 2.10. The van der Waals surface area contributed by atoms with Crippen molar-refractivity contribution in [3.63, 3.8) is 0 Å². The Kier molecular flexibility index (Phi) is 4.75. The lowest BCUT2D eigenvalue weighted by Crippen LogP contribution is -2.36. The molecule has 8 nitrogen and oxygen atoms in total. The Morgan fingerprint density at radius 3 is 2.72 bits per heavy atom. The minimum absolute atomic E-state index is 0.0361. The van der Waals surface area contributed by atoms with Crippen LogP contribution in [-0.2, 0) is 4.79 Å². The largest absolute Gasteiger partial charge is 0.497 e. The fraction of sp³-hybridized carbons (Fsp3) is 0.125. The summed E-state index contributed by atoms with van der Waals surface area (Å²) in [5.41, 5.74) is 2.31. The molecule has 0 saturated carbocycles. The lowest BCUT2D eigenvalue weighted by atomic mass is 10.3. The summed E-state index contributed by atoms with van der Waals surface area (Å²) in [4.78, 5) is 31.3. The van der Waals surface area contributed by atoms with Crippen LogP contribution in [0.3, 0.4) is 0 Å². The van der Waals surface area contributed by atoms with Crippen molar-refractivity contribution in [3.8, 4) is 11.5 Å². The fourth-order valence-electron chi connectivity index (χ4n) is 2.13. The number of fused-ring (bicyclic) bond motifs is 1. The number of carbonyl (C=O) groups excluding carboxylic acids is 1. The van der Waals surface area contributed by atoms with E-state index in [1.807, 2.05) is 0 Å². The van der Waals surface area contributed by atoms with Gasteiger partial charge < -0.3 is 14.5 Å². The van der Waals surface area contributed by atoms with E-state index >= 15 is 0 Å². The summed E-state index contributed by atoms with van der Waals surface area (Å²) < 4.78 is 11.4. The number of methoxy groups -OCH3 is 1. The zero-order chi connectivity index (χ0) is 17.8. The molecular formula is C16H14N4O4S. The SMILES string of the molecule is COc1ccc(OCC(=O)Nn2c(=S)[nH]c3ncccc3c2=O)cc1. The van der Waals surface area contributed by atoms with E-state index in [0.717, 1.165) is 4.68 Å². The van der Waals surface area contributed by atoms with Crippen molar-refractivity contribution >= 4 is 29.2 Å². The van der Waals surface area contributed by atoms with Gasteiger partial charge in [-0.1, -0.05) is 0 Å². The summed E-state index contributed by atoms with van der Waals surface area (Å²) >= 11 is 5.09. The zero-order valence-corrected chi connectivity index (χ0v) is 14.0. The maximum absolute atomic E-state index is 12.4. The van der Waals surface area contributed by atoms with E-state index in [1.165, 1.54) is 0 Å². The summed E-state index contributed by atoms with van der Waals surface area (Å²) in [6.07, 6.45) is 1.54. The summed E-state index contributed by atoms with van der Waals surface area (Å²) in [5, 5.41) is 0.312. The summed E-state index contributed by atoms with van der Waals surface area (Å²) in [5.74, 6) is 0.649. The maximum Gasteiger partial charge on any atom is 0.282 e. The third-order valence-electron chi connectivity index (χ3n) is 3.34. The van der Waals surface area contributed by atoms with Crippen LogP contribution in [0.15, 0.2) is 47.4 Å². The van der Waals surface area contributed by atoms with Crippen molar-refractivity contribution < 1.29 is 14.3 Å². The van der Waals surface area contributed by atoms with Gasteiger partial charge in [-0.05, 0) is 48.6 Å². The van der Waals surface area contributed by atoms with Crippen LogP contribution in [0.5, 0.6) is 11.5 Å². The van der Waals surface area contributed by atoms with Crippen molar-refractivity contribution in [2.24, 2.45) is 0 Å². The molecule has 1 aromatic carbocycles. The molecule has 128 valence electrons. The molecule has 0 atom stereocenters. The van der Waals surface area contributed by atoms with Crippen LogP contribution in [0.1, 0.15) is 0 Å². The molecule has 0 radical (unpaired) electrons. The monoisotopic (exact) mass is 358 g/mol. The van der Waals surface area contributed by atoms with E-state index in [9.17, 15) is 9.59 Å². The quantitative estimate of drug-likeness (QED) is 0.673. The number of hydrogen-bond acceptors (Lipinski definition) is 6. The van der Waals surface area contributed by atoms with E-state index in [0.29, 0.717) is 22.5 Å². The molecule has 1 amide bonds. The molecule has 0 aliphatic carbocycles. The molecular weight excluding hydrogens is 344 g/mol. The molecule has 0 aliphatic heterocycles. The first-order valence-corrected chi connectivity index (χ1v) is 7.66. The second kappa shape index (κ2) is 7.14. The molecule has 2 N–H and O–H groups in total. The third kappa shape index (κ3) is 3.66. The highest BCUT2D eigenvalue weighted by Crippen LogP contribution is 2.16. The van der Waals surface area contributed by atoms with Crippen LogP contribution in [0.25, 0.3) is 11.0 Å². The molecule has 0 saturated heterocycles. The van der Waals surface area contributed by atoms with Crippen molar-refractivity contribution in [2.45, 2.75) is 0 Å². The Labute approximate surface area is 147 Å². The second-order valence-electron chi connectivity index (χ2n) is 4.97. The lowest BCUT2D eigenvalue weighted by molar-refractivity contribution is -0.119. The summed E-state index contributed by atoms with van der Waals surface area (Å²) in [6, 6.07) is 9.99. The van der Waals surface area contributed by atoms with Gasteiger partial charge in [0.25, 0.3) is 11.5 Å². The normalized spacial score (nSPS) is 10.4. The second-order valence-corrected chi connectivity index (χ2v) is 5.36. The number of hydrogen-bond donors (Lipinski definition) is 2. The predicted molar refractivity (Wildman–Crippen MR) is 94.0 cm³/mol.